The van der Waals surface area contributed by atoms with E-state index in [-0.39, 0.29) is 6.61 Å². The zero-order chi connectivity index (χ0) is 16.0. The predicted molar refractivity (Wildman–Crippen MR) is 80.8 cm³/mol. The van der Waals surface area contributed by atoms with Crippen LogP contribution in [0, 0.1) is 6.92 Å². The van der Waals surface area contributed by atoms with E-state index in [1.54, 1.807) is 12.1 Å². The highest BCUT2D eigenvalue weighted by atomic mass is 35.5. The molecule has 0 aromatic heterocycles. The summed E-state index contributed by atoms with van der Waals surface area (Å²) in [4.78, 5) is 23.1. The minimum absolute atomic E-state index is 0.282. The molecule has 1 rings (SSSR count). The van der Waals surface area contributed by atoms with Gasteiger partial charge in [-0.3, -0.25) is 4.79 Å². The van der Waals surface area contributed by atoms with Crippen molar-refractivity contribution in [1.82, 2.24) is 5.32 Å². The van der Waals surface area contributed by atoms with E-state index in [0.29, 0.717) is 23.6 Å². The van der Waals surface area contributed by atoms with Gasteiger partial charge in [-0.2, -0.15) is 0 Å². The van der Waals surface area contributed by atoms with E-state index in [4.69, 9.17) is 16.3 Å². The largest absolute Gasteiger partial charge is 0.482 e. The molecule has 1 aromatic rings. The van der Waals surface area contributed by atoms with Crippen molar-refractivity contribution in [2.24, 2.45) is 0 Å². The number of amides is 1. The summed E-state index contributed by atoms with van der Waals surface area (Å²) in [5.41, 5.74) is -0.331. The number of aryl methyl sites for hydroxylation is 1. The molecule has 0 saturated heterocycles. The van der Waals surface area contributed by atoms with E-state index < -0.39 is 17.4 Å². The molecule has 1 unspecified atom stereocenters. The van der Waals surface area contributed by atoms with Gasteiger partial charge in [0.25, 0.3) is 5.91 Å². The van der Waals surface area contributed by atoms with Crippen molar-refractivity contribution >= 4 is 23.5 Å². The quantitative estimate of drug-likeness (QED) is 0.811. The lowest BCUT2D eigenvalue weighted by molar-refractivity contribution is -0.147. The Morgan fingerprint density at radius 3 is 2.67 bits per heavy atom. The van der Waals surface area contributed by atoms with Crippen LogP contribution in [-0.4, -0.2) is 29.1 Å². The number of hydrogen-bond donors (Lipinski definition) is 2. The molecule has 5 nitrogen and oxygen atoms in total. The number of carbonyl (C=O) groups is 2. The average molecular weight is 314 g/mol. The van der Waals surface area contributed by atoms with Crippen molar-refractivity contribution in [1.29, 1.82) is 0 Å². The minimum atomic E-state index is -1.29. The van der Waals surface area contributed by atoms with E-state index in [0.717, 1.165) is 5.56 Å². The van der Waals surface area contributed by atoms with Gasteiger partial charge in [0, 0.05) is 0 Å². The molecule has 2 N–H and O–H groups in total. The van der Waals surface area contributed by atoms with Crippen molar-refractivity contribution in [3.8, 4) is 5.75 Å². The van der Waals surface area contributed by atoms with Gasteiger partial charge in [0.05, 0.1) is 5.02 Å². The van der Waals surface area contributed by atoms with Gasteiger partial charge < -0.3 is 15.2 Å². The molecule has 0 fully saturated rings. The van der Waals surface area contributed by atoms with Crippen molar-refractivity contribution in [3.63, 3.8) is 0 Å². The summed E-state index contributed by atoms with van der Waals surface area (Å²) in [5.74, 6) is -1.16. The first-order valence-electron chi connectivity index (χ1n) is 6.72. The maximum absolute atomic E-state index is 11.9. The summed E-state index contributed by atoms with van der Waals surface area (Å²) in [7, 11) is 0. The van der Waals surface area contributed by atoms with Crippen molar-refractivity contribution in [2.75, 3.05) is 6.61 Å². The van der Waals surface area contributed by atoms with E-state index in [1.165, 1.54) is 6.92 Å². The normalized spacial score (nSPS) is 13.3. The zero-order valence-corrected chi connectivity index (χ0v) is 13.2. The Labute approximate surface area is 129 Å². The first-order valence-corrected chi connectivity index (χ1v) is 7.09. The van der Waals surface area contributed by atoms with Gasteiger partial charge in [0.1, 0.15) is 11.3 Å². The highest BCUT2D eigenvalue weighted by Gasteiger charge is 2.33. The van der Waals surface area contributed by atoms with Crippen LogP contribution >= 0.6 is 11.6 Å². The van der Waals surface area contributed by atoms with Crippen LogP contribution < -0.4 is 10.1 Å². The maximum atomic E-state index is 11.9. The van der Waals surface area contributed by atoms with Crippen LogP contribution in [0.5, 0.6) is 5.75 Å². The fourth-order valence-corrected chi connectivity index (χ4v) is 2.10. The molecule has 1 amide bonds. The van der Waals surface area contributed by atoms with Crippen LogP contribution in [0.4, 0.5) is 0 Å². The van der Waals surface area contributed by atoms with Crippen molar-refractivity contribution in [3.05, 3.63) is 28.8 Å². The summed E-state index contributed by atoms with van der Waals surface area (Å²) >= 11 is 5.96. The molecule has 116 valence electrons. The van der Waals surface area contributed by atoms with Gasteiger partial charge in [-0.05, 0) is 38.0 Å². The molecule has 1 atom stereocenters. The van der Waals surface area contributed by atoms with Crippen LogP contribution in [0.25, 0.3) is 0 Å². The topological polar surface area (TPSA) is 75.6 Å². The number of benzene rings is 1. The number of carbonyl (C=O) groups excluding carboxylic acids is 1. The molecule has 21 heavy (non-hydrogen) atoms. The molecule has 0 aliphatic carbocycles. The molecule has 0 radical (unpaired) electrons. The highest BCUT2D eigenvalue weighted by molar-refractivity contribution is 6.32. The monoisotopic (exact) mass is 313 g/mol. The Kier molecular flexibility index (Phi) is 6.03. The molecule has 0 aliphatic rings. The Morgan fingerprint density at radius 2 is 2.10 bits per heavy atom. The van der Waals surface area contributed by atoms with Crippen LogP contribution in [0.3, 0.4) is 0 Å². The molecule has 0 heterocycles. The second kappa shape index (κ2) is 7.31. The Bertz CT molecular complexity index is 532. The van der Waals surface area contributed by atoms with Crippen LogP contribution in [0.2, 0.25) is 5.02 Å². The van der Waals surface area contributed by atoms with E-state index in [1.807, 2.05) is 19.9 Å². The van der Waals surface area contributed by atoms with Gasteiger partial charge >= 0.3 is 5.97 Å². The molecule has 0 bridgehead atoms. The van der Waals surface area contributed by atoms with Crippen molar-refractivity contribution in [2.45, 2.75) is 39.2 Å². The summed E-state index contributed by atoms with van der Waals surface area (Å²) in [6, 6.07) is 5.23. The minimum Gasteiger partial charge on any atom is -0.482 e. The van der Waals surface area contributed by atoms with E-state index >= 15 is 0 Å². The third-order valence-electron chi connectivity index (χ3n) is 3.08. The van der Waals surface area contributed by atoms with Gasteiger partial charge in [0.2, 0.25) is 0 Å². The van der Waals surface area contributed by atoms with Gasteiger partial charge in [-0.1, -0.05) is 31.0 Å². The average Bonchev–Trinajstić information content (AvgIpc) is 2.40. The molecule has 0 saturated carbocycles. The molecular weight excluding hydrogens is 294 g/mol. The third kappa shape index (κ3) is 4.93. The Balaban J connectivity index is 2.65. The highest BCUT2D eigenvalue weighted by Crippen LogP contribution is 2.25. The summed E-state index contributed by atoms with van der Waals surface area (Å²) in [6.07, 6.45) is 0.993. The smallest absolute Gasteiger partial charge is 0.329 e. The number of rotatable bonds is 7. The molecular formula is C15H20ClNO4. The standard InChI is InChI=1S/C15H20ClNO4/c1-4-7-15(3,14(19)20)17-13(18)9-21-12-8-10(2)5-6-11(12)16/h5-6,8H,4,7,9H2,1-3H3,(H,17,18)(H,19,20). The van der Waals surface area contributed by atoms with Gasteiger partial charge in [-0.15, -0.1) is 0 Å². The number of aliphatic carboxylic acids is 1. The summed E-state index contributed by atoms with van der Waals surface area (Å²) in [6.45, 7) is 4.94. The number of hydrogen-bond acceptors (Lipinski definition) is 3. The zero-order valence-electron chi connectivity index (χ0n) is 12.4. The summed E-state index contributed by atoms with van der Waals surface area (Å²) in [5, 5.41) is 12.1. The van der Waals surface area contributed by atoms with Crippen LogP contribution in [0.15, 0.2) is 18.2 Å². The molecule has 0 spiro atoms. The fourth-order valence-electron chi connectivity index (χ4n) is 1.93. The second-order valence-electron chi connectivity index (χ2n) is 5.16. The molecule has 6 heteroatoms. The predicted octanol–water partition coefficient (Wildman–Crippen LogP) is 2.79. The fraction of sp³-hybridized carbons (Fsp3) is 0.467. The Morgan fingerprint density at radius 1 is 1.43 bits per heavy atom. The van der Waals surface area contributed by atoms with Gasteiger partial charge in [0.15, 0.2) is 6.61 Å². The lowest BCUT2D eigenvalue weighted by atomic mass is 9.96. The third-order valence-corrected chi connectivity index (χ3v) is 3.40. The van der Waals surface area contributed by atoms with Crippen molar-refractivity contribution < 1.29 is 19.4 Å². The number of nitrogens with one attached hydrogen (secondary N) is 1. The SMILES string of the molecule is CCCC(C)(NC(=O)COc1cc(C)ccc1Cl)C(=O)O. The lowest BCUT2D eigenvalue weighted by Crippen LogP contribution is -2.53. The van der Waals surface area contributed by atoms with E-state index in [9.17, 15) is 14.7 Å². The Hall–Kier alpha value is -1.75. The first kappa shape index (κ1) is 17.3. The molecule has 1 aromatic carbocycles. The number of halogens is 1. The number of carboxylic acids is 1. The number of ether oxygens (including phenoxy) is 1. The van der Waals surface area contributed by atoms with Crippen LogP contribution in [0.1, 0.15) is 32.3 Å². The van der Waals surface area contributed by atoms with E-state index in [2.05, 4.69) is 5.32 Å². The van der Waals surface area contributed by atoms with Crippen LogP contribution in [-0.2, 0) is 9.59 Å². The van der Waals surface area contributed by atoms with Gasteiger partial charge in [-0.25, -0.2) is 4.79 Å². The second-order valence-corrected chi connectivity index (χ2v) is 5.57. The first-order chi connectivity index (χ1) is 9.78. The molecule has 0 aliphatic heterocycles. The lowest BCUT2D eigenvalue weighted by Gasteiger charge is -2.25. The maximum Gasteiger partial charge on any atom is 0.329 e. The summed E-state index contributed by atoms with van der Waals surface area (Å²) < 4.78 is 5.35. The number of carboxylic acid groups (broad SMARTS) is 1.